The Morgan fingerprint density at radius 3 is 2.29 bits per heavy atom. The maximum absolute atomic E-state index is 9.02. The number of rotatable bonds is 2. The van der Waals surface area contributed by atoms with E-state index in [0.29, 0.717) is 0 Å². The highest BCUT2D eigenvalue weighted by atomic mass is 15.1. The molecule has 1 atom stereocenters. The number of hydrogen-bond acceptors (Lipinski definition) is 2. The second-order valence-electron chi connectivity index (χ2n) is 3.84. The first-order valence-corrected chi connectivity index (χ1v) is 4.69. The van der Waals surface area contributed by atoms with E-state index in [-0.39, 0.29) is 6.04 Å². The highest BCUT2D eigenvalue weighted by Crippen LogP contribution is 2.19. The van der Waals surface area contributed by atoms with Gasteiger partial charge in [0.2, 0.25) is 0 Å². The average Bonchev–Trinajstić information content (AvgIpc) is 2.11. The highest BCUT2D eigenvalue weighted by Gasteiger charge is 2.12. The quantitative estimate of drug-likeness (QED) is 0.712. The molecular weight excluding hydrogens is 172 g/mol. The summed E-state index contributed by atoms with van der Waals surface area (Å²) in [6, 6.07) is 8.32. The van der Waals surface area contributed by atoms with Gasteiger partial charge in [-0.1, -0.05) is 18.2 Å². The van der Waals surface area contributed by atoms with Crippen LogP contribution in [0, 0.1) is 25.2 Å². The predicted molar refractivity (Wildman–Crippen MR) is 58.0 cm³/mol. The normalized spacial score (nSPS) is 12.6. The molecule has 0 aliphatic heterocycles. The fraction of sp³-hybridized carbons (Fsp3) is 0.417. The molecule has 0 saturated carbocycles. The SMILES string of the molecule is Cc1ccc(C(C#N)N(C)C)cc1C. The molecule has 2 nitrogen and oxygen atoms in total. The van der Waals surface area contributed by atoms with Crippen LogP contribution >= 0.6 is 0 Å². The van der Waals surface area contributed by atoms with E-state index in [1.807, 2.05) is 25.1 Å². The molecule has 0 aliphatic rings. The smallest absolute Gasteiger partial charge is 0.123 e. The first-order valence-electron chi connectivity index (χ1n) is 4.69. The Labute approximate surface area is 85.8 Å². The Hall–Kier alpha value is -1.33. The van der Waals surface area contributed by atoms with Crippen LogP contribution in [0.25, 0.3) is 0 Å². The molecule has 0 saturated heterocycles. The Bertz CT molecular complexity index is 361. The average molecular weight is 188 g/mol. The van der Waals surface area contributed by atoms with Gasteiger partial charge < -0.3 is 0 Å². The van der Waals surface area contributed by atoms with Crippen molar-refractivity contribution in [2.24, 2.45) is 0 Å². The molecule has 0 bridgehead atoms. The van der Waals surface area contributed by atoms with Crippen LogP contribution in [0.4, 0.5) is 0 Å². The Morgan fingerprint density at radius 1 is 1.21 bits per heavy atom. The molecule has 0 N–H and O–H groups in total. The van der Waals surface area contributed by atoms with E-state index >= 15 is 0 Å². The van der Waals surface area contributed by atoms with Crippen LogP contribution in [-0.4, -0.2) is 19.0 Å². The Morgan fingerprint density at radius 2 is 1.86 bits per heavy atom. The van der Waals surface area contributed by atoms with Crippen LogP contribution in [0.1, 0.15) is 22.7 Å². The molecule has 1 rings (SSSR count). The molecule has 74 valence electrons. The third-order valence-electron chi connectivity index (χ3n) is 2.49. The molecule has 0 spiro atoms. The molecule has 0 aliphatic carbocycles. The van der Waals surface area contributed by atoms with Gasteiger partial charge in [-0.25, -0.2) is 0 Å². The van der Waals surface area contributed by atoms with Crippen molar-refractivity contribution in [3.05, 3.63) is 34.9 Å². The van der Waals surface area contributed by atoms with Crippen molar-refractivity contribution < 1.29 is 0 Å². The summed E-state index contributed by atoms with van der Waals surface area (Å²) in [7, 11) is 3.84. The molecule has 1 unspecified atom stereocenters. The minimum absolute atomic E-state index is 0.144. The maximum Gasteiger partial charge on any atom is 0.123 e. The molecule has 2 heteroatoms. The van der Waals surface area contributed by atoms with Crippen molar-refractivity contribution >= 4 is 0 Å². The zero-order valence-corrected chi connectivity index (χ0v) is 9.20. The lowest BCUT2D eigenvalue weighted by molar-refractivity contribution is 0.358. The number of aryl methyl sites for hydroxylation is 2. The first-order chi connectivity index (χ1) is 6.56. The molecule has 1 aromatic carbocycles. The Balaban J connectivity index is 3.08. The lowest BCUT2D eigenvalue weighted by atomic mass is 10.0. The van der Waals surface area contributed by atoms with Crippen molar-refractivity contribution in [3.8, 4) is 6.07 Å². The highest BCUT2D eigenvalue weighted by molar-refractivity contribution is 5.33. The van der Waals surface area contributed by atoms with Crippen LogP contribution in [0.2, 0.25) is 0 Å². The molecule has 0 aromatic heterocycles. The largest absolute Gasteiger partial charge is 0.291 e. The van der Waals surface area contributed by atoms with Crippen LogP contribution in [0.5, 0.6) is 0 Å². The lowest BCUT2D eigenvalue weighted by Crippen LogP contribution is -2.18. The summed E-state index contributed by atoms with van der Waals surface area (Å²) in [5, 5.41) is 9.02. The van der Waals surface area contributed by atoms with Gasteiger partial charge in [0, 0.05) is 0 Å². The number of nitrogens with zero attached hydrogens (tertiary/aromatic N) is 2. The van der Waals surface area contributed by atoms with Gasteiger partial charge in [-0.3, -0.25) is 4.90 Å². The molecule has 0 fully saturated rings. The van der Waals surface area contributed by atoms with Gasteiger partial charge in [-0.15, -0.1) is 0 Å². The van der Waals surface area contributed by atoms with Crippen molar-refractivity contribution in [2.45, 2.75) is 19.9 Å². The second-order valence-corrected chi connectivity index (χ2v) is 3.84. The molecule has 14 heavy (non-hydrogen) atoms. The van der Waals surface area contributed by atoms with E-state index in [4.69, 9.17) is 5.26 Å². The number of nitriles is 1. The van der Waals surface area contributed by atoms with E-state index in [2.05, 4.69) is 32.0 Å². The topological polar surface area (TPSA) is 27.0 Å². The summed E-state index contributed by atoms with van der Waals surface area (Å²) in [6.07, 6.45) is 0. The van der Waals surface area contributed by atoms with Gasteiger partial charge in [0.1, 0.15) is 6.04 Å². The minimum Gasteiger partial charge on any atom is -0.291 e. The van der Waals surface area contributed by atoms with Crippen LogP contribution in [-0.2, 0) is 0 Å². The summed E-state index contributed by atoms with van der Waals surface area (Å²) >= 11 is 0. The molecule has 1 aromatic rings. The van der Waals surface area contributed by atoms with Crippen molar-refractivity contribution in [2.75, 3.05) is 14.1 Å². The monoisotopic (exact) mass is 188 g/mol. The fourth-order valence-electron chi connectivity index (χ4n) is 1.42. The van der Waals surface area contributed by atoms with Gasteiger partial charge in [0.25, 0.3) is 0 Å². The van der Waals surface area contributed by atoms with Gasteiger partial charge >= 0.3 is 0 Å². The summed E-state index contributed by atoms with van der Waals surface area (Å²) < 4.78 is 0. The van der Waals surface area contributed by atoms with E-state index in [9.17, 15) is 0 Å². The van der Waals surface area contributed by atoms with Gasteiger partial charge in [0.05, 0.1) is 6.07 Å². The molecule has 0 radical (unpaired) electrons. The summed E-state index contributed by atoms with van der Waals surface area (Å²) in [4.78, 5) is 1.92. The molecular formula is C12H16N2. The molecule has 0 amide bonds. The standard InChI is InChI=1S/C12H16N2/c1-9-5-6-11(7-10(9)2)12(8-13)14(3)4/h5-7,12H,1-4H3. The third kappa shape index (κ3) is 2.12. The van der Waals surface area contributed by atoms with Crippen molar-refractivity contribution in [1.29, 1.82) is 5.26 Å². The van der Waals surface area contributed by atoms with Gasteiger partial charge in [0.15, 0.2) is 0 Å². The Kier molecular flexibility index (Phi) is 3.27. The van der Waals surface area contributed by atoms with Gasteiger partial charge in [-0.2, -0.15) is 5.26 Å². The third-order valence-corrected chi connectivity index (χ3v) is 2.49. The van der Waals surface area contributed by atoms with Crippen LogP contribution < -0.4 is 0 Å². The van der Waals surface area contributed by atoms with Gasteiger partial charge in [-0.05, 0) is 44.6 Å². The predicted octanol–water partition coefficient (Wildman–Crippen LogP) is 2.43. The maximum atomic E-state index is 9.02. The summed E-state index contributed by atoms with van der Waals surface area (Å²) in [6.45, 7) is 4.15. The first kappa shape index (κ1) is 10.7. The van der Waals surface area contributed by atoms with E-state index in [1.54, 1.807) is 0 Å². The van der Waals surface area contributed by atoms with E-state index in [0.717, 1.165) is 5.56 Å². The zero-order valence-electron chi connectivity index (χ0n) is 9.20. The number of hydrogen-bond donors (Lipinski definition) is 0. The number of benzene rings is 1. The van der Waals surface area contributed by atoms with Crippen molar-refractivity contribution in [3.63, 3.8) is 0 Å². The lowest BCUT2D eigenvalue weighted by Gasteiger charge is -2.18. The zero-order chi connectivity index (χ0) is 10.7. The summed E-state index contributed by atoms with van der Waals surface area (Å²) in [5.41, 5.74) is 3.58. The molecule has 0 heterocycles. The van der Waals surface area contributed by atoms with Crippen molar-refractivity contribution in [1.82, 2.24) is 4.90 Å². The summed E-state index contributed by atoms with van der Waals surface area (Å²) in [5.74, 6) is 0. The van der Waals surface area contributed by atoms with Crippen LogP contribution in [0.3, 0.4) is 0 Å². The van der Waals surface area contributed by atoms with Crippen LogP contribution in [0.15, 0.2) is 18.2 Å². The second kappa shape index (κ2) is 4.26. The fourth-order valence-corrected chi connectivity index (χ4v) is 1.42. The minimum atomic E-state index is -0.144. The van der Waals surface area contributed by atoms with E-state index < -0.39 is 0 Å². The van der Waals surface area contributed by atoms with E-state index in [1.165, 1.54) is 11.1 Å².